The van der Waals surface area contributed by atoms with Crippen molar-refractivity contribution >= 4 is 24.6 Å². The molecular formula is C40H53F3N4O4S. The summed E-state index contributed by atoms with van der Waals surface area (Å²) in [5.41, 5.74) is 4.90. The Kier molecular flexibility index (Phi) is 18.2. The van der Waals surface area contributed by atoms with Gasteiger partial charge in [0.1, 0.15) is 16.4 Å². The highest BCUT2D eigenvalue weighted by Gasteiger charge is 2.35. The summed E-state index contributed by atoms with van der Waals surface area (Å²) in [6.45, 7) is 13.8. The smallest absolute Gasteiger partial charge is 0.416 e. The second-order valence-corrected chi connectivity index (χ2v) is 13.6. The van der Waals surface area contributed by atoms with Gasteiger partial charge in [-0.1, -0.05) is 64.0 Å². The van der Waals surface area contributed by atoms with Crippen molar-refractivity contribution in [3.05, 3.63) is 80.9 Å². The quantitative estimate of drug-likeness (QED) is 0.122. The number of nitrogens with one attached hydrogen (secondary N) is 1. The van der Waals surface area contributed by atoms with Crippen molar-refractivity contribution in [2.75, 3.05) is 33.9 Å². The van der Waals surface area contributed by atoms with E-state index in [0.29, 0.717) is 37.6 Å². The molecule has 0 spiro atoms. The zero-order valence-electron chi connectivity index (χ0n) is 31.6. The lowest BCUT2D eigenvalue weighted by Crippen LogP contribution is -2.34. The van der Waals surface area contributed by atoms with Gasteiger partial charge in [-0.3, -0.25) is 9.59 Å². The molecule has 1 atom stereocenters. The van der Waals surface area contributed by atoms with Crippen LogP contribution in [0.15, 0.2) is 42.6 Å². The first-order valence-corrected chi connectivity index (χ1v) is 18.0. The maximum atomic E-state index is 14.0. The molecule has 1 unspecified atom stereocenters. The number of ether oxygens (including phenoxy) is 1. The van der Waals surface area contributed by atoms with Gasteiger partial charge in [0.05, 0.1) is 17.8 Å². The normalized spacial score (nSPS) is 13.6. The maximum Gasteiger partial charge on any atom is 0.416 e. The molecule has 1 fully saturated rings. The van der Waals surface area contributed by atoms with Crippen LogP contribution in [0.3, 0.4) is 0 Å². The standard InChI is InChI=1S/C37H45F3N4O2S.C2H6.CH2O2/c1-24(2)18-33(44-23-28(12-15-43(5)6)32(21-34(44)47)37(38,39)40)36(45)41-22-31-20-29(35-25(3)8-7-9-26(35)4)19-30(42-31)11-10-27-13-16-46-17-14-27;1-2;2-1-3/h7-9,19-21,23-24,27,33H,12-18,22H2,1-6H3,(H,41,45);1-2H3;1H,(H,2,3). The summed E-state index contributed by atoms with van der Waals surface area (Å²) in [7, 11) is 3.62. The molecule has 1 saturated heterocycles. The van der Waals surface area contributed by atoms with Gasteiger partial charge < -0.3 is 24.6 Å². The zero-order valence-corrected chi connectivity index (χ0v) is 32.4. The molecule has 12 heteroatoms. The Morgan fingerprint density at radius 3 is 2.33 bits per heavy atom. The Bertz CT molecular complexity index is 1720. The summed E-state index contributed by atoms with van der Waals surface area (Å²) in [5.74, 6) is 6.63. The van der Waals surface area contributed by atoms with Gasteiger partial charge in [-0.15, -0.1) is 0 Å². The fourth-order valence-electron chi connectivity index (χ4n) is 5.91. The van der Waals surface area contributed by atoms with Crippen molar-refractivity contribution in [1.82, 2.24) is 19.8 Å². The van der Waals surface area contributed by atoms with Gasteiger partial charge in [0.25, 0.3) is 6.47 Å². The molecule has 52 heavy (non-hydrogen) atoms. The van der Waals surface area contributed by atoms with E-state index in [1.54, 1.807) is 0 Å². The van der Waals surface area contributed by atoms with Crippen LogP contribution in [0, 0.1) is 42.2 Å². The average molecular weight is 743 g/mol. The largest absolute Gasteiger partial charge is 0.483 e. The highest BCUT2D eigenvalue weighted by Crippen LogP contribution is 2.34. The van der Waals surface area contributed by atoms with Crippen molar-refractivity contribution in [1.29, 1.82) is 0 Å². The Morgan fingerprint density at radius 2 is 1.77 bits per heavy atom. The van der Waals surface area contributed by atoms with Gasteiger partial charge in [-0.05, 0) is 111 Å². The molecule has 2 N–H and O–H groups in total. The van der Waals surface area contributed by atoms with Crippen molar-refractivity contribution in [2.24, 2.45) is 11.8 Å². The summed E-state index contributed by atoms with van der Waals surface area (Å²) in [5, 5.41) is 9.91. The molecule has 1 aromatic carbocycles. The number of rotatable bonds is 10. The van der Waals surface area contributed by atoms with Crippen molar-refractivity contribution in [2.45, 2.75) is 86.0 Å². The van der Waals surface area contributed by atoms with Crippen molar-refractivity contribution in [3.8, 4) is 23.0 Å². The average Bonchev–Trinajstić information content (AvgIpc) is 3.09. The fraction of sp³-hybridized carbons (Fsp3) is 0.500. The number of carbonyl (C=O) groups excluding carboxylic acids is 1. The van der Waals surface area contributed by atoms with Crippen molar-refractivity contribution < 1.29 is 32.6 Å². The first kappa shape index (κ1) is 44.1. The number of carboxylic acid groups (broad SMARTS) is 1. The molecule has 0 radical (unpaired) electrons. The lowest BCUT2D eigenvalue weighted by molar-refractivity contribution is -0.138. The molecule has 1 aliphatic rings. The number of pyridine rings is 2. The molecule has 284 valence electrons. The van der Waals surface area contributed by atoms with Crippen LogP contribution in [0.5, 0.6) is 0 Å². The van der Waals surface area contributed by atoms with Crippen LogP contribution in [0.25, 0.3) is 11.1 Å². The van der Waals surface area contributed by atoms with Crippen LogP contribution in [-0.2, 0) is 33.5 Å². The summed E-state index contributed by atoms with van der Waals surface area (Å²) in [4.78, 5) is 28.9. The topological polar surface area (TPSA) is 96.7 Å². The van der Waals surface area contributed by atoms with Gasteiger partial charge in [0, 0.05) is 31.9 Å². The minimum absolute atomic E-state index is 0.0347. The molecule has 1 aliphatic heterocycles. The molecule has 0 saturated carbocycles. The third kappa shape index (κ3) is 13.5. The second kappa shape index (κ2) is 21.5. The van der Waals surface area contributed by atoms with E-state index in [9.17, 15) is 18.0 Å². The van der Waals surface area contributed by atoms with Gasteiger partial charge >= 0.3 is 6.18 Å². The zero-order chi connectivity index (χ0) is 39.0. The first-order chi connectivity index (χ1) is 24.6. The number of aryl methyl sites for hydroxylation is 2. The number of alkyl halides is 3. The Labute approximate surface area is 311 Å². The molecular weight excluding hydrogens is 690 g/mol. The molecule has 4 rings (SSSR count). The van der Waals surface area contributed by atoms with Crippen LogP contribution in [0.2, 0.25) is 0 Å². The van der Waals surface area contributed by atoms with E-state index in [-0.39, 0.29) is 47.4 Å². The molecule has 2 aromatic heterocycles. The molecule has 0 bridgehead atoms. The molecule has 3 aromatic rings. The van der Waals surface area contributed by atoms with Gasteiger partial charge in [-0.25, -0.2) is 4.98 Å². The lowest BCUT2D eigenvalue weighted by Gasteiger charge is -2.25. The molecule has 8 nitrogen and oxygen atoms in total. The maximum absolute atomic E-state index is 14.0. The summed E-state index contributed by atoms with van der Waals surface area (Å²) in [6, 6.07) is 10.3. The van der Waals surface area contributed by atoms with E-state index in [2.05, 4.69) is 43.1 Å². The first-order valence-electron chi connectivity index (χ1n) is 17.6. The number of likely N-dealkylation sites (N-methyl/N-ethyl adjacent to an activating group) is 1. The van der Waals surface area contributed by atoms with Crippen LogP contribution < -0.4 is 5.32 Å². The van der Waals surface area contributed by atoms with E-state index >= 15 is 0 Å². The molecule has 1 amide bonds. The number of amides is 1. The Balaban J connectivity index is 0.00000178. The summed E-state index contributed by atoms with van der Waals surface area (Å²) < 4.78 is 48.9. The molecule has 0 aliphatic carbocycles. The van der Waals surface area contributed by atoms with Crippen LogP contribution >= 0.6 is 12.2 Å². The number of benzene rings is 1. The SMILES string of the molecule is CC.Cc1cccc(C)c1-c1cc(C#CC2CCOCC2)nc(CNC(=O)C(CC(C)C)n2cc(CCN(C)C)c(C(F)(F)F)cc2=S)c1.O=CO. The minimum atomic E-state index is -4.55. The fourth-order valence-corrected chi connectivity index (χ4v) is 6.20. The van der Waals surface area contributed by atoms with E-state index in [1.807, 2.05) is 64.9 Å². The van der Waals surface area contributed by atoms with Gasteiger partial charge in [0.2, 0.25) is 5.91 Å². The Hall–Kier alpha value is -4.05. The summed E-state index contributed by atoms with van der Waals surface area (Å²) in [6.07, 6.45) is -0.802. The number of carbonyl (C=O) groups is 2. The highest BCUT2D eigenvalue weighted by molar-refractivity contribution is 7.71. The predicted molar refractivity (Wildman–Crippen MR) is 202 cm³/mol. The molecule has 3 heterocycles. The monoisotopic (exact) mass is 742 g/mol. The predicted octanol–water partition coefficient (Wildman–Crippen LogP) is 8.43. The minimum Gasteiger partial charge on any atom is -0.483 e. The van der Waals surface area contributed by atoms with Gasteiger partial charge in [-0.2, -0.15) is 13.2 Å². The van der Waals surface area contributed by atoms with E-state index in [0.717, 1.165) is 41.2 Å². The van der Waals surface area contributed by atoms with Crippen LogP contribution in [0.1, 0.15) is 86.6 Å². The van der Waals surface area contributed by atoms with Crippen molar-refractivity contribution in [3.63, 3.8) is 0 Å². The number of nitrogens with zero attached hydrogens (tertiary/aromatic N) is 3. The third-order valence-electron chi connectivity index (χ3n) is 8.35. The lowest BCUT2D eigenvalue weighted by atomic mass is 9.95. The highest BCUT2D eigenvalue weighted by atomic mass is 32.1. The third-order valence-corrected chi connectivity index (χ3v) is 8.68. The van der Waals surface area contributed by atoms with Crippen LogP contribution in [-0.4, -0.2) is 65.8 Å². The number of halogens is 3. The number of hydrogen-bond donors (Lipinski definition) is 2. The van der Waals surface area contributed by atoms with E-state index in [4.69, 9.17) is 31.8 Å². The number of aromatic nitrogens is 2. The van der Waals surface area contributed by atoms with E-state index in [1.165, 1.54) is 10.8 Å². The summed E-state index contributed by atoms with van der Waals surface area (Å²) >= 11 is 5.46. The van der Waals surface area contributed by atoms with Gasteiger partial charge in [0.15, 0.2) is 0 Å². The van der Waals surface area contributed by atoms with Crippen LogP contribution in [0.4, 0.5) is 13.2 Å². The van der Waals surface area contributed by atoms with E-state index < -0.39 is 17.8 Å². The second-order valence-electron chi connectivity index (χ2n) is 13.1. The Morgan fingerprint density at radius 1 is 1.15 bits per heavy atom. The number of hydrogen-bond acceptors (Lipinski definition) is 6.